The first kappa shape index (κ1) is 23.5. The summed E-state index contributed by atoms with van der Waals surface area (Å²) in [5, 5.41) is 4.75. The van der Waals surface area contributed by atoms with Gasteiger partial charge in [0.25, 0.3) is 5.91 Å². The van der Waals surface area contributed by atoms with Crippen LogP contribution in [0.1, 0.15) is 12.5 Å². The molecule has 1 atom stereocenters. The average molecular weight is 463 g/mol. The van der Waals surface area contributed by atoms with E-state index in [1.54, 1.807) is 6.07 Å². The second-order valence-corrected chi connectivity index (χ2v) is 6.86. The van der Waals surface area contributed by atoms with Crippen molar-refractivity contribution in [1.82, 2.24) is 5.32 Å². The topological polar surface area (TPSA) is 84.5 Å². The molecule has 0 aliphatic carbocycles. The van der Waals surface area contributed by atoms with Crippen LogP contribution in [0.5, 0.6) is 0 Å². The van der Waals surface area contributed by atoms with Crippen LogP contribution < -0.4 is 10.6 Å². The van der Waals surface area contributed by atoms with Gasteiger partial charge in [-0.2, -0.15) is 0 Å². The first-order valence-corrected chi connectivity index (χ1v) is 9.18. The van der Waals surface area contributed by atoms with Crippen molar-refractivity contribution in [2.24, 2.45) is 0 Å². The van der Waals surface area contributed by atoms with Gasteiger partial charge in [0.2, 0.25) is 5.91 Å². The molecule has 30 heavy (non-hydrogen) atoms. The first-order chi connectivity index (χ1) is 14.1. The lowest BCUT2D eigenvalue weighted by Gasteiger charge is -2.14. The normalized spacial score (nSPS) is 11.5. The Labute approximate surface area is 179 Å². The van der Waals surface area contributed by atoms with Crippen LogP contribution >= 0.6 is 23.2 Å². The third-order valence-corrected chi connectivity index (χ3v) is 4.48. The van der Waals surface area contributed by atoms with Crippen molar-refractivity contribution in [2.75, 3.05) is 11.9 Å². The van der Waals surface area contributed by atoms with E-state index in [0.29, 0.717) is 16.7 Å². The highest BCUT2D eigenvalue weighted by Gasteiger charge is 2.20. The molecule has 11 heteroatoms. The van der Waals surface area contributed by atoms with E-state index in [9.17, 15) is 27.6 Å². The number of halogens is 5. The molecule has 0 aromatic heterocycles. The van der Waals surface area contributed by atoms with E-state index < -0.39 is 53.6 Å². The zero-order valence-electron chi connectivity index (χ0n) is 15.4. The van der Waals surface area contributed by atoms with Crippen molar-refractivity contribution in [3.63, 3.8) is 0 Å². The van der Waals surface area contributed by atoms with Crippen LogP contribution in [0.2, 0.25) is 10.0 Å². The average Bonchev–Trinajstić information content (AvgIpc) is 2.69. The maximum atomic E-state index is 13.5. The third kappa shape index (κ3) is 6.36. The smallest absolute Gasteiger partial charge is 0.311 e. The summed E-state index contributed by atoms with van der Waals surface area (Å²) in [6.07, 6.45) is -1.39. The van der Waals surface area contributed by atoms with Gasteiger partial charge in [0, 0.05) is 0 Å². The summed E-state index contributed by atoms with van der Waals surface area (Å²) in [6, 6.07) is 6.04. The van der Waals surface area contributed by atoms with Gasteiger partial charge in [-0.15, -0.1) is 0 Å². The van der Waals surface area contributed by atoms with Gasteiger partial charge < -0.3 is 15.4 Å². The fourth-order valence-corrected chi connectivity index (χ4v) is 2.56. The summed E-state index contributed by atoms with van der Waals surface area (Å²) < 4.78 is 44.5. The van der Waals surface area contributed by atoms with E-state index in [4.69, 9.17) is 27.9 Å². The highest BCUT2D eigenvalue weighted by molar-refractivity contribution is 6.42. The first-order valence-electron chi connectivity index (χ1n) is 8.43. The molecular weight excluding hydrogens is 448 g/mol. The second-order valence-electron chi connectivity index (χ2n) is 6.05. The molecule has 0 aliphatic heterocycles. The van der Waals surface area contributed by atoms with E-state index >= 15 is 0 Å². The summed E-state index contributed by atoms with van der Waals surface area (Å²) in [7, 11) is 0. The molecule has 0 saturated carbocycles. The van der Waals surface area contributed by atoms with Crippen LogP contribution in [0.3, 0.4) is 0 Å². The zero-order valence-corrected chi connectivity index (χ0v) is 16.9. The highest BCUT2D eigenvalue weighted by Crippen LogP contribution is 2.23. The van der Waals surface area contributed by atoms with Gasteiger partial charge in [0.05, 0.1) is 28.7 Å². The molecule has 2 amide bonds. The van der Waals surface area contributed by atoms with Crippen LogP contribution in [0.25, 0.3) is 0 Å². The minimum atomic E-state index is -1.74. The lowest BCUT2D eigenvalue weighted by molar-refractivity contribution is -0.154. The lowest BCUT2D eigenvalue weighted by Crippen LogP contribution is -2.40. The lowest BCUT2D eigenvalue weighted by atomic mass is 10.1. The second kappa shape index (κ2) is 10.3. The van der Waals surface area contributed by atoms with Crippen molar-refractivity contribution in [2.45, 2.75) is 19.4 Å². The van der Waals surface area contributed by atoms with Crippen LogP contribution in [-0.4, -0.2) is 30.4 Å². The number of carbonyl (C=O) groups excluding carboxylic acids is 3. The molecule has 0 aliphatic rings. The Bertz CT molecular complexity index is 988. The van der Waals surface area contributed by atoms with Gasteiger partial charge in [0.15, 0.2) is 23.6 Å². The summed E-state index contributed by atoms with van der Waals surface area (Å²) in [5.41, 5.74) is -0.0656. The summed E-state index contributed by atoms with van der Waals surface area (Å²) in [6.45, 7) is 0.668. The Morgan fingerprint density at radius 2 is 1.73 bits per heavy atom. The van der Waals surface area contributed by atoms with E-state index in [2.05, 4.69) is 5.32 Å². The molecule has 0 heterocycles. The van der Waals surface area contributed by atoms with Gasteiger partial charge >= 0.3 is 5.97 Å². The molecule has 1 unspecified atom stereocenters. The Morgan fingerprint density at radius 1 is 1.03 bits per heavy atom. The predicted octanol–water partition coefficient (Wildman–Crippen LogP) is 3.64. The molecular formula is C19H15Cl2F3N2O4. The molecule has 2 rings (SSSR count). The van der Waals surface area contributed by atoms with E-state index in [-0.39, 0.29) is 11.4 Å². The third-order valence-electron chi connectivity index (χ3n) is 3.74. The summed E-state index contributed by atoms with van der Waals surface area (Å²) in [5.74, 6) is -7.13. The Kier molecular flexibility index (Phi) is 8.08. The van der Waals surface area contributed by atoms with Gasteiger partial charge in [-0.1, -0.05) is 29.3 Å². The molecule has 2 aromatic carbocycles. The number of hydrogen-bond acceptors (Lipinski definition) is 4. The van der Waals surface area contributed by atoms with E-state index in [0.717, 1.165) is 6.07 Å². The number of amides is 2. The van der Waals surface area contributed by atoms with Gasteiger partial charge in [-0.3, -0.25) is 14.4 Å². The molecule has 0 saturated heterocycles. The zero-order chi connectivity index (χ0) is 22.4. The van der Waals surface area contributed by atoms with Gasteiger partial charge in [-0.05, 0) is 36.8 Å². The molecule has 2 aromatic rings. The predicted molar refractivity (Wildman–Crippen MR) is 104 cm³/mol. The molecule has 0 radical (unpaired) electrons. The monoisotopic (exact) mass is 462 g/mol. The van der Waals surface area contributed by atoms with Gasteiger partial charge in [-0.25, -0.2) is 13.2 Å². The maximum absolute atomic E-state index is 13.5. The number of ether oxygens (including phenoxy) is 1. The van der Waals surface area contributed by atoms with Crippen molar-refractivity contribution >= 4 is 46.7 Å². The molecule has 6 nitrogen and oxygen atoms in total. The number of carbonyl (C=O) groups is 3. The minimum Gasteiger partial charge on any atom is -0.452 e. The van der Waals surface area contributed by atoms with Crippen molar-refractivity contribution in [1.29, 1.82) is 0 Å². The van der Waals surface area contributed by atoms with Crippen LogP contribution in [0.4, 0.5) is 18.9 Å². The SMILES string of the molecule is CC(OC(=O)Cc1ccc(Cl)c(Cl)c1)C(=O)NCC(=O)Nc1ccc(F)c(F)c1F. The maximum Gasteiger partial charge on any atom is 0.311 e. The highest BCUT2D eigenvalue weighted by atomic mass is 35.5. The molecule has 0 spiro atoms. The van der Waals surface area contributed by atoms with Crippen molar-refractivity contribution < 1.29 is 32.3 Å². The van der Waals surface area contributed by atoms with Crippen molar-refractivity contribution in [3.05, 3.63) is 63.4 Å². The van der Waals surface area contributed by atoms with E-state index in [1.807, 2.05) is 5.32 Å². The van der Waals surface area contributed by atoms with Crippen molar-refractivity contribution in [3.8, 4) is 0 Å². The number of anilines is 1. The Morgan fingerprint density at radius 3 is 2.40 bits per heavy atom. The van der Waals surface area contributed by atoms with Crippen LogP contribution in [0.15, 0.2) is 30.3 Å². The Hall–Kier alpha value is -2.78. The van der Waals surface area contributed by atoms with Crippen LogP contribution in [-0.2, 0) is 25.5 Å². The number of rotatable bonds is 7. The molecule has 0 fully saturated rings. The Balaban J connectivity index is 1.82. The number of esters is 1. The molecule has 2 N–H and O–H groups in total. The fourth-order valence-electron chi connectivity index (χ4n) is 2.24. The van der Waals surface area contributed by atoms with Crippen LogP contribution in [0, 0.1) is 17.5 Å². The fraction of sp³-hybridized carbons (Fsp3) is 0.211. The van der Waals surface area contributed by atoms with Gasteiger partial charge in [0.1, 0.15) is 0 Å². The standard InChI is InChI=1S/C19H15Cl2F3N2O4/c1-9(30-16(28)7-10-2-3-11(20)12(21)6-10)19(29)25-8-15(27)26-14-5-4-13(22)17(23)18(14)24/h2-6,9H,7-8H2,1H3,(H,25,29)(H,26,27). The minimum absolute atomic E-state index is 0.162. The number of hydrogen-bond donors (Lipinski definition) is 2. The number of benzene rings is 2. The number of nitrogens with one attached hydrogen (secondary N) is 2. The quantitative estimate of drug-likeness (QED) is 0.485. The molecule has 0 bridgehead atoms. The molecule has 160 valence electrons. The van der Waals surface area contributed by atoms with E-state index in [1.165, 1.54) is 19.1 Å². The largest absolute Gasteiger partial charge is 0.452 e. The summed E-state index contributed by atoms with van der Waals surface area (Å²) >= 11 is 11.6. The summed E-state index contributed by atoms with van der Waals surface area (Å²) in [4.78, 5) is 35.7.